The monoisotopic (exact) mass is 272 g/mol. The first-order valence-corrected chi connectivity index (χ1v) is 5.87. The molecule has 0 fully saturated rings. The van der Waals surface area contributed by atoms with Crippen molar-refractivity contribution in [3.8, 4) is 17.2 Å². The molecule has 2 rings (SSSR count). The molecule has 5 heteroatoms. The first-order chi connectivity index (χ1) is 9.70. The van der Waals surface area contributed by atoms with Crippen LogP contribution in [0.4, 0.5) is 0 Å². The number of carboxylic acids is 1. The molecule has 0 saturated carbocycles. The van der Waals surface area contributed by atoms with Gasteiger partial charge in [-0.25, -0.2) is 4.79 Å². The minimum Gasteiger partial charge on any atom is -0.486 e. The molecule has 0 radical (unpaired) electrons. The van der Waals surface area contributed by atoms with Gasteiger partial charge in [-0.05, 0) is 24.3 Å². The summed E-state index contributed by atoms with van der Waals surface area (Å²) in [7, 11) is 0. The zero-order valence-electron chi connectivity index (χ0n) is 10.5. The summed E-state index contributed by atoms with van der Waals surface area (Å²) in [5.74, 6) is -0.0551. The Kier molecular flexibility index (Phi) is 4.34. The van der Waals surface area contributed by atoms with E-state index in [1.807, 2.05) is 6.07 Å². The highest BCUT2D eigenvalue weighted by Crippen LogP contribution is 2.29. The van der Waals surface area contributed by atoms with E-state index in [9.17, 15) is 9.59 Å². The summed E-state index contributed by atoms with van der Waals surface area (Å²) in [5.41, 5.74) is 0.0207. The van der Waals surface area contributed by atoms with Crippen LogP contribution in [0, 0.1) is 0 Å². The van der Waals surface area contributed by atoms with Gasteiger partial charge in [0.05, 0.1) is 0 Å². The second kappa shape index (κ2) is 6.38. The Morgan fingerprint density at radius 2 is 1.85 bits per heavy atom. The second-order valence-electron chi connectivity index (χ2n) is 3.86. The highest BCUT2D eigenvalue weighted by Gasteiger charge is 2.13. The molecule has 0 saturated heterocycles. The number of hydrogen-bond donors (Lipinski definition) is 1. The fraction of sp³-hybridized carbons (Fsp3) is 0.0667. The molecule has 0 aliphatic heterocycles. The third-order valence-corrected chi connectivity index (χ3v) is 2.47. The van der Waals surface area contributed by atoms with Crippen molar-refractivity contribution < 1.29 is 24.2 Å². The van der Waals surface area contributed by atoms with Crippen molar-refractivity contribution in [2.24, 2.45) is 0 Å². The first kappa shape index (κ1) is 13.6. The molecular formula is C15H12O5. The van der Waals surface area contributed by atoms with E-state index in [1.165, 1.54) is 18.2 Å². The van der Waals surface area contributed by atoms with Crippen LogP contribution in [0.3, 0.4) is 0 Å². The summed E-state index contributed by atoms with van der Waals surface area (Å²) >= 11 is 0. The number of ether oxygens (including phenoxy) is 2. The molecule has 0 heterocycles. The molecule has 0 atom stereocenters. The lowest BCUT2D eigenvalue weighted by molar-refractivity contribution is -0.109. The Bertz CT molecular complexity index is 607. The summed E-state index contributed by atoms with van der Waals surface area (Å²) in [6.07, 6.45) is 0.614. The molecule has 0 aromatic heterocycles. The number of carbonyl (C=O) groups excluding carboxylic acids is 1. The molecule has 0 spiro atoms. The topological polar surface area (TPSA) is 72.8 Å². The zero-order chi connectivity index (χ0) is 14.4. The van der Waals surface area contributed by atoms with E-state index in [0.717, 1.165) is 0 Å². The standard InChI is InChI=1S/C15H12O5/c16-8-9-19-12-6-7-13(15(17)18)14(10-12)20-11-4-2-1-3-5-11/h1-8,10H,9H2,(H,17,18). The maximum atomic E-state index is 11.2. The van der Waals surface area contributed by atoms with Crippen LogP contribution in [-0.4, -0.2) is 24.0 Å². The molecule has 20 heavy (non-hydrogen) atoms. The van der Waals surface area contributed by atoms with Gasteiger partial charge in [0.15, 0.2) is 6.29 Å². The van der Waals surface area contributed by atoms with E-state index in [0.29, 0.717) is 17.8 Å². The molecule has 0 unspecified atom stereocenters. The highest BCUT2D eigenvalue weighted by atomic mass is 16.5. The molecule has 2 aromatic carbocycles. The van der Waals surface area contributed by atoms with Crippen molar-refractivity contribution in [3.05, 3.63) is 54.1 Å². The smallest absolute Gasteiger partial charge is 0.339 e. The molecule has 0 aliphatic rings. The van der Waals surface area contributed by atoms with E-state index < -0.39 is 5.97 Å². The number of carboxylic acid groups (broad SMARTS) is 1. The number of rotatable bonds is 6. The minimum atomic E-state index is -1.10. The Morgan fingerprint density at radius 1 is 1.10 bits per heavy atom. The Labute approximate surface area is 115 Å². The van der Waals surface area contributed by atoms with E-state index in [-0.39, 0.29) is 17.9 Å². The van der Waals surface area contributed by atoms with Gasteiger partial charge >= 0.3 is 5.97 Å². The van der Waals surface area contributed by atoms with Gasteiger partial charge in [0.25, 0.3) is 0 Å². The van der Waals surface area contributed by atoms with Crippen molar-refractivity contribution in [1.29, 1.82) is 0 Å². The normalized spacial score (nSPS) is 9.80. The summed E-state index contributed by atoms with van der Waals surface area (Å²) in [6.45, 7) is -0.100. The molecule has 0 bridgehead atoms. The van der Waals surface area contributed by atoms with Crippen LogP contribution >= 0.6 is 0 Å². The maximum Gasteiger partial charge on any atom is 0.339 e. The predicted octanol–water partition coefficient (Wildman–Crippen LogP) is 2.75. The van der Waals surface area contributed by atoms with Crippen molar-refractivity contribution in [2.75, 3.05) is 6.61 Å². The van der Waals surface area contributed by atoms with Crippen LogP contribution in [0.1, 0.15) is 10.4 Å². The van der Waals surface area contributed by atoms with Crippen LogP contribution in [0.5, 0.6) is 17.2 Å². The second-order valence-corrected chi connectivity index (χ2v) is 3.86. The lowest BCUT2D eigenvalue weighted by atomic mass is 10.2. The Balaban J connectivity index is 2.31. The van der Waals surface area contributed by atoms with Crippen molar-refractivity contribution in [1.82, 2.24) is 0 Å². The molecule has 102 valence electrons. The quantitative estimate of drug-likeness (QED) is 0.818. The summed E-state index contributed by atoms with van der Waals surface area (Å²) < 4.78 is 10.7. The van der Waals surface area contributed by atoms with Gasteiger partial charge in [-0.15, -0.1) is 0 Å². The summed E-state index contributed by atoms with van der Waals surface area (Å²) in [5, 5.41) is 9.13. The van der Waals surface area contributed by atoms with Gasteiger partial charge in [-0.2, -0.15) is 0 Å². The molecule has 0 amide bonds. The fourth-order valence-corrected chi connectivity index (χ4v) is 1.60. The molecule has 5 nitrogen and oxygen atoms in total. The average molecular weight is 272 g/mol. The van der Waals surface area contributed by atoms with E-state index in [4.69, 9.17) is 14.6 Å². The van der Waals surface area contributed by atoms with E-state index in [1.54, 1.807) is 24.3 Å². The van der Waals surface area contributed by atoms with Gasteiger partial charge in [0, 0.05) is 6.07 Å². The van der Waals surface area contributed by atoms with Crippen molar-refractivity contribution in [3.63, 3.8) is 0 Å². The van der Waals surface area contributed by atoms with Crippen LogP contribution < -0.4 is 9.47 Å². The number of carbonyl (C=O) groups is 2. The van der Waals surface area contributed by atoms with Crippen molar-refractivity contribution in [2.45, 2.75) is 0 Å². The molecule has 1 N–H and O–H groups in total. The fourth-order valence-electron chi connectivity index (χ4n) is 1.60. The summed E-state index contributed by atoms with van der Waals surface area (Å²) in [6, 6.07) is 13.1. The lowest BCUT2D eigenvalue weighted by Gasteiger charge is -2.10. The van der Waals surface area contributed by atoms with Crippen LogP contribution in [0.2, 0.25) is 0 Å². The zero-order valence-corrected chi connectivity index (χ0v) is 10.5. The third kappa shape index (κ3) is 3.35. The number of aromatic carboxylic acids is 1. The van der Waals surface area contributed by atoms with Gasteiger partial charge in [0.2, 0.25) is 0 Å². The number of benzene rings is 2. The SMILES string of the molecule is O=CCOc1ccc(C(=O)O)c(Oc2ccccc2)c1. The maximum absolute atomic E-state index is 11.2. The highest BCUT2D eigenvalue weighted by molar-refractivity contribution is 5.91. The Morgan fingerprint density at radius 3 is 2.50 bits per heavy atom. The predicted molar refractivity (Wildman–Crippen MR) is 71.5 cm³/mol. The van der Waals surface area contributed by atoms with Gasteiger partial charge in [-0.1, -0.05) is 18.2 Å². The number of aldehydes is 1. The van der Waals surface area contributed by atoms with E-state index in [2.05, 4.69) is 0 Å². The van der Waals surface area contributed by atoms with Gasteiger partial charge in [-0.3, -0.25) is 4.79 Å². The third-order valence-electron chi connectivity index (χ3n) is 2.47. The van der Waals surface area contributed by atoms with Crippen LogP contribution in [-0.2, 0) is 4.79 Å². The van der Waals surface area contributed by atoms with Crippen molar-refractivity contribution >= 4 is 12.3 Å². The molecular weight excluding hydrogens is 260 g/mol. The van der Waals surface area contributed by atoms with Gasteiger partial charge < -0.3 is 14.6 Å². The Hall–Kier alpha value is -2.82. The number of para-hydroxylation sites is 1. The number of hydrogen-bond acceptors (Lipinski definition) is 4. The molecule has 2 aromatic rings. The molecule has 0 aliphatic carbocycles. The minimum absolute atomic E-state index is 0.0207. The van der Waals surface area contributed by atoms with Crippen LogP contribution in [0.15, 0.2) is 48.5 Å². The average Bonchev–Trinajstić information content (AvgIpc) is 2.46. The van der Waals surface area contributed by atoms with Gasteiger partial charge in [0.1, 0.15) is 29.4 Å². The first-order valence-electron chi connectivity index (χ1n) is 5.87. The lowest BCUT2D eigenvalue weighted by Crippen LogP contribution is -2.02. The van der Waals surface area contributed by atoms with E-state index >= 15 is 0 Å². The largest absolute Gasteiger partial charge is 0.486 e. The van der Waals surface area contributed by atoms with Crippen LogP contribution in [0.25, 0.3) is 0 Å². The summed E-state index contributed by atoms with van der Waals surface area (Å²) in [4.78, 5) is 21.4.